The standard InChI is InChI=1S/C13H6NO4P/c15-19-16-11-6-10-8(12(17-19)13(11)18-19)5-7-3-1-2-4-9(7)14-10/h1-6H. The maximum atomic E-state index is 11.9. The number of rotatable bonds is 0. The molecule has 2 aromatic carbocycles. The van der Waals surface area contributed by atoms with Crippen LogP contribution < -0.4 is 13.6 Å². The first kappa shape index (κ1) is 9.64. The number of hydrogen-bond donors (Lipinski definition) is 0. The van der Waals surface area contributed by atoms with Crippen LogP contribution in [0.4, 0.5) is 0 Å². The van der Waals surface area contributed by atoms with E-state index in [9.17, 15) is 4.57 Å². The minimum atomic E-state index is -3.44. The average Bonchev–Trinajstić information content (AvgIpc) is 2.90. The molecule has 1 unspecified atom stereocenters. The maximum absolute atomic E-state index is 11.9. The first-order chi connectivity index (χ1) is 9.22. The number of benzene rings is 2. The van der Waals surface area contributed by atoms with Crippen molar-refractivity contribution in [1.82, 2.24) is 4.98 Å². The third-order valence-corrected chi connectivity index (χ3v) is 4.54. The summed E-state index contributed by atoms with van der Waals surface area (Å²) in [4.78, 5) is 4.56. The highest BCUT2D eigenvalue weighted by atomic mass is 31.2. The molecule has 0 N–H and O–H groups in total. The van der Waals surface area contributed by atoms with Crippen LogP contribution in [0.2, 0.25) is 0 Å². The number of hydrogen-bond acceptors (Lipinski definition) is 5. The Labute approximate surface area is 107 Å². The Balaban J connectivity index is 1.98. The quantitative estimate of drug-likeness (QED) is 0.461. The van der Waals surface area contributed by atoms with Crippen molar-refractivity contribution in [3.63, 3.8) is 0 Å². The van der Waals surface area contributed by atoms with E-state index in [-0.39, 0.29) is 0 Å². The fourth-order valence-corrected chi connectivity index (χ4v) is 3.78. The highest BCUT2D eigenvalue weighted by Crippen LogP contribution is 2.70. The normalized spacial score (nSPS) is 22.3. The highest BCUT2D eigenvalue weighted by molar-refractivity contribution is 7.50. The fraction of sp³-hybridized carbons (Fsp3) is 0. The van der Waals surface area contributed by atoms with E-state index in [0.717, 1.165) is 21.8 Å². The minimum absolute atomic E-state index is 0.424. The molecule has 0 saturated carbocycles. The summed E-state index contributed by atoms with van der Waals surface area (Å²) in [6, 6.07) is 11.5. The van der Waals surface area contributed by atoms with Crippen LogP contribution in [-0.4, -0.2) is 4.98 Å². The van der Waals surface area contributed by atoms with Crippen molar-refractivity contribution in [1.29, 1.82) is 0 Å². The van der Waals surface area contributed by atoms with Gasteiger partial charge in [0.1, 0.15) is 0 Å². The molecule has 0 aliphatic carbocycles. The van der Waals surface area contributed by atoms with Crippen molar-refractivity contribution in [2.45, 2.75) is 0 Å². The first-order valence-electron chi connectivity index (χ1n) is 5.77. The predicted molar refractivity (Wildman–Crippen MR) is 68.7 cm³/mol. The van der Waals surface area contributed by atoms with E-state index in [2.05, 4.69) is 4.98 Å². The SMILES string of the molecule is O=P12Oc3cc4nc5ccccc5cc4c(c3O1)O2. The lowest BCUT2D eigenvalue weighted by molar-refractivity contribution is 0.355. The van der Waals surface area contributed by atoms with Gasteiger partial charge in [-0.05, 0) is 12.1 Å². The molecule has 1 aromatic heterocycles. The number of phosphoric acid groups is 1. The van der Waals surface area contributed by atoms with Crippen molar-refractivity contribution < 1.29 is 18.1 Å². The van der Waals surface area contributed by atoms with Gasteiger partial charge in [0.25, 0.3) is 0 Å². The first-order valence-corrected chi connectivity index (χ1v) is 7.23. The molecule has 0 amide bonds. The zero-order valence-corrected chi connectivity index (χ0v) is 10.4. The van der Waals surface area contributed by atoms with Gasteiger partial charge in [0, 0.05) is 16.8 Å². The molecule has 0 saturated heterocycles. The van der Waals surface area contributed by atoms with E-state index in [0.29, 0.717) is 17.2 Å². The van der Waals surface area contributed by atoms with Gasteiger partial charge in [-0.1, -0.05) is 18.2 Å². The van der Waals surface area contributed by atoms with Gasteiger partial charge in [0.05, 0.1) is 11.0 Å². The van der Waals surface area contributed by atoms with Gasteiger partial charge in [-0.3, -0.25) is 0 Å². The van der Waals surface area contributed by atoms with Crippen LogP contribution in [0.15, 0.2) is 36.4 Å². The van der Waals surface area contributed by atoms with E-state index in [1.165, 1.54) is 0 Å². The van der Waals surface area contributed by atoms with Gasteiger partial charge in [0.15, 0.2) is 11.5 Å². The van der Waals surface area contributed by atoms with Gasteiger partial charge in [-0.25, -0.2) is 4.98 Å². The summed E-state index contributed by atoms with van der Waals surface area (Å²) >= 11 is 0. The smallest absolute Gasteiger partial charge is 0.382 e. The van der Waals surface area contributed by atoms with Crippen LogP contribution in [0.3, 0.4) is 0 Å². The number of aromatic nitrogens is 1. The Bertz CT molecular complexity index is 931. The Morgan fingerprint density at radius 1 is 0.947 bits per heavy atom. The molecule has 1 atom stereocenters. The van der Waals surface area contributed by atoms with Crippen molar-refractivity contribution in [3.05, 3.63) is 36.4 Å². The molecule has 5 nitrogen and oxygen atoms in total. The Morgan fingerprint density at radius 3 is 2.68 bits per heavy atom. The van der Waals surface area contributed by atoms with Gasteiger partial charge >= 0.3 is 7.82 Å². The topological polar surface area (TPSA) is 57.7 Å². The number of nitrogens with zero attached hydrogens (tertiary/aromatic N) is 1. The van der Waals surface area contributed by atoms with Gasteiger partial charge in [-0.15, -0.1) is 0 Å². The molecule has 0 spiro atoms. The molecule has 2 aliphatic rings. The van der Waals surface area contributed by atoms with Crippen molar-refractivity contribution >= 4 is 29.6 Å². The van der Waals surface area contributed by atoms with E-state index in [4.69, 9.17) is 13.6 Å². The lowest BCUT2D eigenvalue weighted by atomic mass is 10.1. The molecule has 5 rings (SSSR count). The van der Waals surface area contributed by atoms with E-state index in [1.807, 2.05) is 30.3 Å². The molecule has 6 heteroatoms. The molecule has 0 radical (unpaired) electrons. The molecule has 0 fully saturated rings. The third kappa shape index (κ3) is 1.11. The Kier molecular flexibility index (Phi) is 1.44. The van der Waals surface area contributed by atoms with Crippen LogP contribution in [0.5, 0.6) is 17.2 Å². The van der Waals surface area contributed by atoms with Crippen LogP contribution in [0.1, 0.15) is 0 Å². The van der Waals surface area contributed by atoms with Crippen LogP contribution in [0, 0.1) is 0 Å². The second-order valence-electron chi connectivity index (χ2n) is 4.50. The molecule has 92 valence electrons. The summed E-state index contributed by atoms with van der Waals surface area (Å²) in [7, 11) is -3.44. The second-order valence-corrected chi connectivity index (χ2v) is 5.94. The average molecular weight is 271 g/mol. The number of para-hydroxylation sites is 1. The van der Waals surface area contributed by atoms with Crippen LogP contribution >= 0.6 is 7.82 Å². The monoisotopic (exact) mass is 271 g/mol. The van der Waals surface area contributed by atoms with Gasteiger partial charge < -0.3 is 13.6 Å². The van der Waals surface area contributed by atoms with Crippen LogP contribution in [0.25, 0.3) is 21.8 Å². The number of fused-ring (bicyclic) bond motifs is 4. The lowest BCUT2D eigenvalue weighted by Crippen LogP contribution is -1.98. The summed E-state index contributed by atoms with van der Waals surface area (Å²) in [5.74, 6) is 1.34. The summed E-state index contributed by atoms with van der Waals surface area (Å²) in [5, 5.41) is 1.79. The zero-order chi connectivity index (χ0) is 12.6. The Morgan fingerprint density at radius 2 is 1.79 bits per heavy atom. The summed E-state index contributed by atoms with van der Waals surface area (Å²) in [6.45, 7) is 0. The number of pyridine rings is 1. The fourth-order valence-electron chi connectivity index (χ4n) is 2.49. The predicted octanol–water partition coefficient (Wildman–Crippen LogP) is 3.66. The van der Waals surface area contributed by atoms with Crippen molar-refractivity contribution in [3.8, 4) is 17.2 Å². The molecule has 2 bridgehead atoms. The second kappa shape index (κ2) is 2.83. The summed E-state index contributed by atoms with van der Waals surface area (Å²) in [5.41, 5.74) is 1.63. The zero-order valence-electron chi connectivity index (χ0n) is 9.49. The van der Waals surface area contributed by atoms with Gasteiger partial charge in [-0.2, -0.15) is 4.57 Å². The molecular weight excluding hydrogens is 265 g/mol. The minimum Gasteiger partial charge on any atom is -0.382 e. The molecule has 3 heterocycles. The Hall–Kier alpha value is -2.26. The van der Waals surface area contributed by atoms with Crippen molar-refractivity contribution in [2.24, 2.45) is 0 Å². The van der Waals surface area contributed by atoms with E-state index < -0.39 is 7.82 Å². The maximum Gasteiger partial charge on any atom is 0.647 e. The highest BCUT2D eigenvalue weighted by Gasteiger charge is 2.50. The van der Waals surface area contributed by atoms with Gasteiger partial charge in [0.2, 0.25) is 5.75 Å². The van der Waals surface area contributed by atoms with Crippen LogP contribution in [-0.2, 0) is 4.57 Å². The largest absolute Gasteiger partial charge is 0.647 e. The molecular formula is C13H6NO4P. The molecule has 3 aromatic rings. The van der Waals surface area contributed by atoms with Crippen molar-refractivity contribution in [2.75, 3.05) is 0 Å². The summed E-state index contributed by atoms with van der Waals surface area (Å²) in [6.07, 6.45) is 0. The molecule has 2 aliphatic heterocycles. The number of phosphoric ester groups is 1. The van der Waals surface area contributed by atoms with E-state index in [1.54, 1.807) is 6.07 Å². The lowest BCUT2D eigenvalue weighted by Gasteiger charge is -2.12. The summed E-state index contributed by atoms with van der Waals surface area (Å²) < 4.78 is 27.6. The third-order valence-electron chi connectivity index (χ3n) is 3.31. The molecule has 19 heavy (non-hydrogen) atoms. The van der Waals surface area contributed by atoms with E-state index >= 15 is 0 Å².